The van der Waals surface area contributed by atoms with Crippen molar-refractivity contribution >= 4 is 36.1 Å². The zero-order chi connectivity index (χ0) is 41.2. The van der Waals surface area contributed by atoms with E-state index in [2.05, 4.69) is 12.5 Å². The Balaban J connectivity index is 1.85. The quantitative estimate of drug-likeness (QED) is 0.0588. The number of ketones is 1. The molecule has 0 aliphatic rings. The van der Waals surface area contributed by atoms with Gasteiger partial charge >= 0.3 is 30.4 Å². The lowest BCUT2D eigenvalue weighted by molar-refractivity contribution is 0.0923. The first-order valence-corrected chi connectivity index (χ1v) is 16.9. The molecule has 0 N–H and O–H groups in total. The maximum Gasteiger partial charge on any atom is 0.345 e. The van der Waals surface area contributed by atoms with E-state index >= 15 is 0 Å². The van der Waals surface area contributed by atoms with Crippen molar-refractivity contribution in [3.05, 3.63) is 111 Å². The van der Waals surface area contributed by atoms with Crippen LogP contribution in [0.2, 0.25) is 0 Å². The van der Waals surface area contributed by atoms with E-state index in [-0.39, 0.29) is 18.2 Å². The first-order chi connectivity index (χ1) is 24.7. The Morgan fingerprint density at radius 1 is 0.407 bits per heavy atom. The lowest BCUT2D eigenvalue weighted by atomic mass is 10.1. The SMILES string of the molecule is O=C(COS(=O)(=O)c1c(F)c(F)c(F)c(F)c1F)c1ccc(OS(=O)(=O)c2c(F)c(F)c(F)c(F)c2F)c(OS(=O)(=O)c2c(F)c(F)c(F)c(F)c2F)c1. The summed E-state index contributed by atoms with van der Waals surface area (Å²) in [6, 6.07) is -0.0968. The molecule has 28 heteroatoms. The van der Waals surface area contributed by atoms with Gasteiger partial charge in [0.05, 0.1) is 0 Å². The summed E-state index contributed by atoms with van der Waals surface area (Å²) in [4.78, 5) is 4.40. The van der Waals surface area contributed by atoms with Crippen LogP contribution in [0.1, 0.15) is 10.4 Å². The molecule has 0 aliphatic carbocycles. The molecule has 0 fully saturated rings. The van der Waals surface area contributed by atoms with Gasteiger partial charge in [0.2, 0.25) is 17.5 Å². The van der Waals surface area contributed by atoms with Crippen LogP contribution in [-0.4, -0.2) is 37.6 Å². The van der Waals surface area contributed by atoms with E-state index in [0.29, 0.717) is 0 Å². The topological polar surface area (TPSA) is 147 Å². The van der Waals surface area contributed by atoms with Crippen LogP contribution in [0.15, 0.2) is 32.9 Å². The largest absolute Gasteiger partial charge is 0.375 e. The first-order valence-electron chi connectivity index (χ1n) is 12.7. The van der Waals surface area contributed by atoms with Gasteiger partial charge in [0.15, 0.2) is 102 Å². The molecule has 0 atom stereocenters. The Labute approximate surface area is 288 Å². The lowest BCUT2D eigenvalue weighted by Gasteiger charge is -2.16. The Kier molecular flexibility index (Phi) is 11.0. The van der Waals surface area contributed by atoms with Gasteiger partial charge in [-0.05, 0) is 18.2 Å². The average Bonchev–Trinajstić information content (AvgIpc) is 3.09. The maximum atomic E-state index is 14.3. The molecule has 0 aliphatic heterocycles. The molecule has 0 radical (unpaired) electrons. The molecule has 0 saturated heterocycles. The fraction of sp³-hybridized carbons (Fsp3) is 0.0385. The monoisotopic (exact) mass is 858 g/mol. The summed E-state index contributed by atoms with van der Waals surface area (Å²) < 4.78 is 295. The molecule has 0 aromatic heterocycles. The molecule has 292 valence electrons. The van der Waals surface area contributed by atoms with E-state index in [1.54, 1.807) is 0 Å². The van der Waals surface area contributed by atoms with Crippen LogP contribution in [0.25, 0.3) is 0 Å². The summed E-state index contributed by atoms with van der Waals surface area (Å²) in [5, 5.41) is 0. The van der Waals surface area contributed by atoms with Crippen LogP contribution in [0.3, 0.4) is 0 Å². The highest BCUT2D eigenvalue weighted by Crippen LogP contribution is 2.37. The number of hydrogen-bond acceptors (Lipinski definition) is 10. The number of benzene rings is 4. The highest BCUT2D eigenvalue weighted by molar-refractivity contribution is 7.87. The van der Waals surface area contributed by atoms with E-state index in [1.807, 2.05) is 0 Å². The van der Waals surface area contributed by atoms with Crippen molar-refractivity contribution < 1.29 is 108 Å². The van der Waals surface area contributed by atoms with E-state index in [4.69, 9.17) is 0 Å². The number of rotatable bonds is 11. The van der Waals surface area contributed by atoms with Crippen LogP contribution >= 0.6 is 0 Å². The molecule has 0 unspecified atom stereocenters. The minimum Gasteiger partial charge on any atom is -0.375 e. The molecule has 54 heavy (non-hydrogen) atoms. The zero-order valence-electron chi connectivity index (χ0n) is 24.4. The summed E-state index contributed by atoms with van der Waals surface area (Å²) in [7, 11) is -19.2. The molecule has 0 saturated carbocycles. The summed E-state index contributed by atoms with van der Waals surface area (Å²) in [5.74, 6) is -50.3. The molecular formula is C26H5F15O10S3. The number of Topliss-reactive ketones (excluding diaryl/α,β-unsaturated/α-hetero) is 1. The Morgan fingerprint density at radius 2 is 0.685 bits per heavy atom. The van der Waals surface area contributed by atoms with Gasteiger partial charge in [0, 0.05) is 5.56 Å². The molecule has 0 bridgehead atoms. The predicted molar refractivity (Wildman–Crippen MR) is 138 cm³/mol. The average molecular weight is 858 g/mol. The van der Waals surface area contributed by atoms with Gasteiger partial charge in [0.1, 0.15) is 6.61 Å². The predicted octanol–water partition coefficient (Wildman–Crippen LogP) is 5.90. The molecule has 4 rings (SSSR count). The highest BCUT2D eigenvalue weighted by Gasteiger charge is 2.39. The fourth-order valence-corrected chi connectivity index (χ4v) is 6.96. The fourth-order valence-electron chi connectivity index (χ4n) is 3.82. The normalized spacial score (nSPS) is 12.3. The van der Waals surface area contributed by atoms with Gasteiger partial charge in [-0.1, -0.05) is 0 Å². The molecule has 10 nitrogen and oxygen atoms in total. The van der Waals surface area contributed by atoms with Gasteiger partial charge in [-0.25, -0.2) is 65.9 Å². The number of halogens is 15. The number of hydrogen-bond donors (Lipinski definition) is 0. The Hall–Kier alpha value is -5.09. The highest BCUT2D eigenvalue weighted by atomic mass is 32.2. The smallest absolute Gasteiger partial charge is 0.345 e. The van der Waals surface area contributed by atoms with E-state index in [9.17, 15) is 95.9 Å². The van der Waals surface area contributed by atoms with Gasteiger partial charge in [0.25, 0.3) is 0 Å². The summed E-state index contributed by atoms with van der Waals surface area (Å²) in [5.41, 5.74) is -1.31. The van der Waals surface area contributed by atoms with E-state index in [1.165, 1.54) is 0 Å². The lowest BCUT2D eigenvalue weighted by Crippen LogP contribution is -2.21. The zero-order valence-corrected chi connectivity index (χ0v) is 26.9. The molecular weight excluding hydrogens is 853 g/mol. The van der Waals surface area contributed by atoms with Crippen LogP contribution < -0.4 is 8.37 Å². The number of carbonyl (C=O) groups is 1. The second-order valence-corrected chi connectivity index (χ2v) is 14.1. The Bertz CT molecular complexity index is 2550. The number of carbonyl (C=O) groups excluding carboxylic acids is 1. The third-order valence-electron chi connectivity index (χ3n) is 6.27. The second-order valence-electron chi connectivity index (χ2n) is 9.57. The van der Waals surface area contributed by atoms with Gasteiger partial charge in [-0.3, -0.25) is 8.98 Å². The van der Waals surface area contributed by atoms with Crippen LogP contribution in [0.5, 0.6) is 11.5 Å². The minimum atomic E-state index is -6.56. The van der Waals surface area contributed by atoms with Gasteiger partial charge in [-0.15, -0.1) is 0 Å². The van der Waals surface area contributed by atoms with Crippen molar-refractivity contribution in [1.82, 2.24) is 0 Å². The second kappa shape index (κ2) is 14.3. The molecule has 0 spiro atoms. The van der Waals surface area contributed by atoms with Gasteiger partial charge in [-0.2, -0.15) is 25.3 Å². The maximum absolute atomic E-state index is 14.3. The van der Waals surface area contributed by atoms with E-state index < -0.39 is 162 Å². The standard InChI is InChI=1S/C26H5F15O10S3/c27-9-12(30)18(36)24(19(37)13(9)31)52(43,44)49-4-6(42)5-1-2-7(50-53(45,46)25-20(38)14(32)10(28)15(33)21(25)39)8(3-5)51-54(47,48)26-22(40)16(34)11(29)17(35)23(26)41/h1-3H,4H2. The van der Waals surface area contributed by atoms with Crippen LogP contribution in [0.4, 0.5) is 65.9 Å². The molecule has 4 aromatic rings. The van der Waals surface area contributed by atoms with Crippen molar-refractivity contribution in [3.63, 3.8) is 0 Å². The molecule has 4 aromatic carbocycles. The van der Waals surface area contributed by atoms with Crippen LogP contribution in [0, 0.1) is 87.3 Å². The summed E-state index contributed by atoms with van der Waals surface area (Å²) in [6.07, 6.45) is 0. The van der Waals surface area contributed by atoms with Crippen molar-refractivity contribution in [2.24, 2.45) is 0 Å². The molecule has 0 amide bonds. The van der Waals surface area contributed by atoms with Gasteiger partial charge < -0.3 is 8.37 Å². The van der Waals surface area contributed by atoms with Crippen LogP contribution in [-0.2, 0) is 34.5 Å². The summed E-state index contributed by atoms with van der Waals surface area (Å²) >= 11 is 0. The van der Waals surface area contributed by atoms with Crippen molar-refractivity contribution in [3.8, 4) is 11.5 Å². The molecule has 0 heterocycles. The Morgan fingerprint density at radius 3 is 1.02 bits per heavy atom. The minimum absolute atomic E-state index is 0.0568. The van der Waals surface area contributed by atoms with Crippen molar-refractivity contribution in [1.29, 1.82) is 0 Å². The van der Waals surface area contributed by atoms with E-state index in [0.717, 1.165) is 0 Å². The third kappa shape index (κ3) is 7.11. The van der Waals surface area contributed by atoms with Crippen molar-refractivity contribution in [2.45, 2.75) is 14.7 Å². The third-order valence-corrected chi connectivity index (χ3v) is 10.1. The first kappa shape index (κ1) is 41.7. The summed E-state index contributed by atoms with van der Waals surface area (Å²) in [6.45, 7) is -2.07. The van der Waals surface area contributed by atoms with Crippen molar-refractivity contribution in [2.75, 3.05) is 6.61 Å².